The number of pyridine rings is 1. The average molecular weight is 418 g/mol. The molecule has 0 radical (unpaired) electrons. The highest BCUT2D eigenvalue weighted by molar-refractivity contribution is 14.1. The normalized spacial score (nSPS) is 12.0. The minimum absolute atomic E-state index is 0.102. The fourth-order valence-electron chi connectivity index (χ4n) is 0.812. The third-order valence-electron chi connectivity index (χ3n) is 1.36. The van der Waals surface area contributed by atoms with Gasteiger partial charge in [-0.1, -0.05) is 0 Å². The summed E-state index contributed by atoms with van der Waals surface area (Å²) in [5.74, 6) is -0.652. The Labute approximate surface area is 108 Å². The largest absolute Gasteiger partial charge is 0.573 e. The van der Waals surface area contributed by atoms with Gasteiger partial charge in [0.15, 0.2) is 5.75 Å². The van der Waals surface area contributed by atoms with Gasteiger partial charge in [-0.25, -0.2) is 13.8 Å². The Kier molecular flexibility index (Phi) is 4.32. The molecule has 0 amide bonds. The van der Waals surface area contributed by atoms with Crippen molar-refractivity contribution in [2.75, 3.05) is 0 Å². The fraction of sp³-hybridized carbons (Fsp3) is 0.286. The second-order valence-corrected chi connectivity index (χ2v) is 4.41. The molecule has 0 saturated heterocycles. The van der Waals surface area contributed by atoms with E-state index in [-0.39, 0.29) is 3.57 Å². The second kappa shape index (κ2) is 4.98. The lowest BCUT2D eigenvalue weighted by Crippen LogP contribution is -2.18. The molecule has 0 unspecified atom stereocenters. The number of hydrogen-bond donors (Lipinski definition) is 0. The van der Waals surface area contributed by atoms with Crippen molar-refractivity contribution in [3.63, 3.8) is 0 Å². The predicted octanol–water partition coefficient (Wildman–Crippen LogP) is 4.28. The lowest BCUT2D eigenvalue weighted by molar-refractivity contribution is -0.275. The first-order valence-electron chi connectivity index (χ1n) is 3.60. The maximum Gasteiger partial charge on any atom is 0.573 e. The van der Waals surface area contributed by atoms with E-state index in [1.807, 2.05) is 0 Å². The molecule has 0 N–H and O–H groups in total. The standard InChI is InChI=1S/C7H2BrF5INO/c8-5-3(16-7(11,12)13)1-2(14)4(15-5)6(9)10/h1,6H. The van der Waals surface area contributed by atoms with Crippen LogP contribution in [-0.2, 0) is 0 Å². The summed E-state index contributed by atoms with van der Waals surface area (Å²) in [7, 11) is 0. The maximum absolute atomic E-state index is 12.3. The number of rotatable bonds is 2. The number of halogens is 7. The summed E-state index contributed by atoms with van der Waals surface area (Å²) >= 11 is 4.09. The Morgan fingerprint density at radius 2 is 1.94 bits per heavy atom. The molecule has 0 bridgehead atoms. The molecular formula is C7H2BrF5INO. The van der Waals surface area contributed by atoms with E-state index in [1.54, 1.807) is 0 Å². The SMILES string of the molecule is FC(F)c1nc(Br)c(OC(F)(F)F)cc1I. The molecule has 1 aromatic rings. The molecule has 0 aliphatic heterocycles. The lowest BCUT2D eigenvalue weighted by Gasteiger charge is -2.11. The van der Waals surface area contributed by atoms with Crippen LogP contribution in [0.5, 0.6) is 5.75 Å². The van der Waals surface area contributed by atoms with E-state index in [9.17, 15) is 22.0 Å². The van der Waals surface area contributed by atoms with Gasteiger partial charge in [0.25, 0.3) is 6.43 Å². The molecule has 9 heteroatoms. The summed E-state index contributed by atoms with van der Waals surface area (Å²) in [5.41, 5.74) is -0.595. The van der Waals surface area contributed by atoms with Gasteiger partial charge in [0.2, 0.25) is 0 Å². The monoisotopic (exact) mass is 417 g/mol. The number of nitrogens with zero attached hydrogens (tertiary/aromatic N) is 1. The summed E-state index contributed by atoms with van der Waals surface area (Å²) in [4.78, 5) is 3.29. The average Bonchev–Trinajstić information content (AvgIpc) is 2.07. The van der Waals surface area contributed by atoms with Crippen molar-refractivity contribution in [2.24, 2.45) is 0 Å². The molecule has 0 aliphatic carbocycles. The van der Waals surface area contributed by atoms with E-state index in [2.05, 4.69) is 25.7 Å². The minimum Gasteiger partial charge on any atom is -0.403 e. The van der Waals surface area contributed by atoms with Crippen LogP contribution >= 0.6 is 38.5 Å². The molecule has 1 heterocycles. The van der Waals surface area contributed by atoms with Gasteiger partial charge in [-0.05, 0) is 44.6 Å². The van der Waals surface area contributed by atoms with Gasteiger partial charge < -0.3 is 4.74 Å². The van der Waals surface area contributed by atoms with Crippen molar-refractivity contribution >= 4 is 38.5 Å². The molecule has 0 fully saturated rings. The van der Waals surface area contributed by atoms with E-state index < -0.39 is 28.8 Å². The molecule has 0 spiro atoms. The highest BCUT2D eigenvalue weighted by Crippen LogP contribution is 2.34. The van der Waals surface area contributed by atoms with Crippen molar-refractivity contribution < 1.29 is 26.7 Å². The Hall–Kier alpha value is -0.190. The highest BCUT2D eigenvalue weighted by atomic mass is 127. The van der Waals surface area contributed by atoms with Crippen LogP contribution in [0.3, 0.4) is 0 Å². The van der Waals surface area contributed by atoms with Gasteiger partial charge in [0.1, 0.15) is 10.3 Å². The number of aromatic nitrogens is 1. The van der Waals surface area contributed by atoms with Crippen molar-refractivity contribution in [2.45, 2.75) is 12.8 Å². The van der Waals surface area contributed by atoms with Crippen LogP contribution in [-0.4, -0.2) is 11.3 Å². The van der Waals surface area contributed by atoms with E-state index in [0.29, 0.717) is 0 Å². The molecule has 2 nitrogen and oxygen atoms in total. The summed E-state index contributed by atoms with van der Waals surface area (Å²) in [6, 6.07) is 0.840. The van der Waals surface area contributed by atoms with Crippen LogP contribution in [0.4, 0.5) is 22.0 Å². The van der Waals surface area contributed by atoms with Gasteiger partial charge in [-0.2, -0.15) is 0 Å². The molecule has 1 aromatic heterocycles. The molecule has 0 aliphatic rings. The second-order valence-electron chi connectivity index (χ2n) is 2.49. The quantitative estimate of drug-likeness (QED) is 0.407. The van der Waals surface area contributed by atoms with Gasteiger partial charge in [-0.3, -0.25) is 0 Å². The Bertz CT molecular complexity index is 397. The van der Waals surface area contributed by atoms with Gasteiger partial charge in [0, 0.05) is 3.57 Å². The lowest BCUT2D eigenvalue weighted by atomic mass is 10.3. The van der Waals surface area contributed by atoms with Crippen LogP contribution in [0.25, 0.3) is 0 Å². The van der Waals surface area contributed by atoms with Gasteiger partial charge in [-0.15, -0.1) is 13.2 Å². The van der Waals surface area contributed by atoms with Gasteiger partial charge >= 0.3 is 6.36 Å². The summed E-state index contributed by atoms with van der Waals surface area (Å²) in [6.45, 7) is 0. The predicted molar refractivity (Wildman–Crippen MR) is 56.3 cm³/mol. The summed E-state index contributed by atoms with van der Waals surface area (Å²) in [5, 5.41) is 0. The molecule has 0 atom stereocenters. The van der Waals surface area contributed by atoms with Crippen LogP contribution in [0.15, 0.2) is 10.7 Å². The van der Waals surface area contributed by atoms with E-state index in [1.165, 1.54) is 22.6 Å². The Morgan fingerprint density at radius 3 is 2.38 bits per heavy atom. The highest BCUT2D eigenvalue weighted by Gasteiger charge is 2.33. The fourth-order valence-corrected chi connectivity index (χ4v) is 1.84. The first-order chi connectivity index (χ1) is 7.20. The zero-order valence-corrected chi connectivity index (χ0v) is 10.9. The molecule has 0 aromatic carbocycles. The third-order valence-corrected chi connectivity index (χ3v) is 2.79. The van der Waals surface area contributed by atoms with Crippen molar-refractivity contribution in [1.82, 2.24) is 4.98 Å². The minimum atomic E-state index is -4.89. The topological polar surface area (TPSA) is 22.1 Å². The zero-order valence-electron chi connectivity index (χ0n) is 7.16. The van der Waals surface area contributed by atoms with Crippen molar-refractivity contribution in [1.29, 1.82) is 0 Å². The smallest absolute Gasteiger partial charge is 0.403 e. The first-order valence-corrected chi connectivity index (χ1v) is 5.47. The van der Waals surface area contributed by atoms with E-state index in [4.69, 9.17) is 0 Å². The zero-order chi connectivity index (χ0) is 12.5. The maximum atomic E-state index is 12.3. The van der Waals surface area contributed by atoms with Crippen LogP contribution < -0.4 is 4.74 Å². The molecule has 1 rings (SSSR count). The third kappa shape index (κ3) is 3.68. The number of ether oxygens (including phenoxy) is 1. The number of alkyl halides is 5. The van der Waals surface area contributed by atoms with Crippen LogP contribution in [0.2, 0.25) is 0 Å². The Balaban J connectivity index is 3.11. The summed E-state index contributed by atoms with van der Waals surface area (Å²) < 4.78 is 63.4. The van der Waals surface area contributed by atoms with E-state index in [0.717, 1.165) is 6.07 Å². The molecular weight excluding hydrogens is 416 g/mol. The first kappa shape index (κ1) is 13.9. The van der Waals surface area contributed by atoms with Crippen molar-refractivity contribution in [3.8, 4) is 5.75 Å². The molecule has 16 heavy (non-hydrogen) atoms. The van der Waals surface area contributed by atoms with E-state index >= 15 is 0 Å². The Morgan fingerprint density at radius 1 is 1.38 bits per heavy atom. The number of hydrogen-bond acceptors (Lipinski definition) is 2. The van der Waals surface area contributed by atoms with Crippen LogP contribution in [0, 0.1) is 3.57 Å². The van der Waals surface area contributed by atoms with Crippen LogP contribution in [0.1, 0.15) is 12.1 Å². The van der Waals surface area contributed by atoms with Crippen molar-refractivity contribution in [3.05, 3.63) is 19.9 Å². The van der Waals surface area contributed by atoms with Gasteiger partial charge in [0.05, 0.1) is 0 Å². The summed E-state index contributed by atoms with van der Waals surface area (Å²) in [6.07, 6.45) is -7.75. The molecule has 90 valence electrons. The molecule has 0 saturated carbocycles.